The molecule has 0 bridgehead atoms. The third kappa shape index (κ3) is 2.55. The van der Waals surface area contributed by atoms with Gasteiger partial charge in [-0.05, 0) is 10.1 Å². The molecule has 0 heterocycles. The average molecular weight is 151 g/mol. The first-order valence-corrected chi connectivity index (χ1v) is 6.14. The van der Waals surface area contributed by atoms with Crippen LogP contribution in [0.2, 0.25) is 0 Å². The van der Waals surface area contributed by atoms with Gasteiger partial charge in [0.05, 0.1) is 0 Å². The lowest BCUT2D eigenvalue weighted by molar-refractivity contribution is -0.109. The number of rotatable bonds is 1. The normalized spacial score (nSPS) is 11.9. The van der Waals surface area contributed by atoms with Gasteiger partial charge in [0.15, 0.2) is 0 Å². The van der Waals surface area contributed by atoms with Crippen LogP contribution in [0.15, 0.2) is 0 Å². The van der Waals surface area contributed by atoms with E-state index in [1.165, 1.54) is 6.92 Å². The van der Waals surface area contributed by atoms with E-state index in [9.17, 15) is 4.79 Å². The maximum absolute atomic E-state index is 10.4. The number of carbonyl (C=O) groups excluding carboxylic acids is 1. The number of carbonyl (C=O) groups is 1. The van der Waals surface area contributed by atoms with Gasteiger partial charge < -0.3 is 5.50 Å². The molecule has 8 heavy (non-hydrogen) atoms. The van der Waals surface area contributed by atoms with Crippen molar-refractivity contribution in [3.8, 4) is 0 Å². The Balaban J connectivity index is 4.23. The SMILES string of the molecule is CC(=O)[P+]([NH-])=S(C)C. The second-order valence-corrected chi connectivity index (χ2v) is 7.64. The quantitative estimate of drug-likeness (QED) is 0.526. The number of hydrogen-bond donors (Lipinski definition) is 0. The third-order valence-corrected chi connectivity index (χ3v) is 4.92. The summed E-state index contributed by atoms with van der Waals surface area (Å²) in [5.41, 5.74) is 7.24. The van der Waals surface area contributed by atoms with E-state index >= 15 is 0 Å². The van der Waals surface area contributed by atoms with E-state index in [1.54, 1.807) is 0 Å². The molecule has 0 rings (SSSR count). The van der Waals surface area contributed by atoms with Crippen LogP contribution in [0.5, 0.6) is 0 Å². The predicted octanol–water partition coefficient (Wildman–Crippen LogP) is 1.77. The zero-order valence-corrected chi connectivity index (χ0v) is 6.97. The lowest BCUT2D eigenvalue weighted by atomic mass is 10.9. The topological polar surface area (TPSA) is 40.9 Å². The monoisotopic (exact) mass is 151 g/mol. The van der Waals surface area contributed by atoms with Gasteiger partial charge in [-0.1, -0.05) is 0 Å². The zero-order chi connectivity index (χ0) is 6.73. The summed E-state index contributed by atoms with van der Waals surface area (Å²) in [6.45, 7) is 0.432. The lowest BCUT2D eigenvalue weighted by Gasteiger charge is -1.90. The molecule has 4 heteroatoms. The molecule has 0 aliphatic carbocycles. The number of nitrogens with one attached hydrogen (secondary N) is 1. The van der Waals surface area contributed by atoms with E-state index < -0.39 is 6.85 Å². The highest BCUT2D eigenvalue weighted by atomic mass is 32.5. The van der Waals surface area contributed by atoms with Gasteiger partial charge in [0.25, 0.3) is 0 Å². The Kier molecular flexibility index (Phi) is 3.45. The van der Waals surface area contributed by atoms with Crippen LogP contribution in [0.4, 0.5) is 0 Å². The Morgan fingerprint density at radius 1 is 1.62 bits per heavy atom. The lowest BCUT2D eigenvalue weighted by Crippen LogP contribution is -1.82. The largest absolute Gasteiger partial charge is 0.442 e. The van der Waals surface area contributed by atoms with Crippen LogP contribution in [-0.2, 0) is 14.9 Å². The average Bonchev–Trinajstić information content (AvgIpc) is 1.64. The fourth-order valence-electron chi connectivity index (χ4n) is 0.257. The van der Waals surface area contributed by atoms with Crippen molar-refractivity contribution in [2.24, 2.45) is 0 Å². The van der Waals surface area contributed by atoms with E-state index in [-0.39, 0.29) is 15.6 Å². The summed E-state index contributed by atoms with van der Waals surface area (Å²) in [6, 6.07) is 0. The van der Waals surface area contributed by atoms with Crippen molar-refractivity contribution < 1.29 is 4.79 Å². The summed E-state index contributed by atoms with van der Waals surface area (Å²) in [5.74, 6) is 0. The van der Waals surface area contributed by atoms with Gasteiger partial charge in [-0.2, -0.15) is 0 Å². The number of hydrogen-bond acceptors (Lipinski definition) is 1. The zero-order valence-electron chi connectivity index (χ0n) is 5.26. The molecule has 1 N–H and O–H groups in total. The molecule has 0 spiro atoms. The molecule has 0 aliphatic rings. The molecule has 0 radical (unpaired) electrons. The van der Waals surface area contributed by atoms with Crippen LogP contribution in [0.25, 0.3) is 5.50 Å². The molecule has 0 amide bonds. The highest BCUT2D eigenvalue weighted by molar-refractivity contribution is 8.31. The Hall–Kier alpha value is 0.280. The second-order valence-electron chi connectivity index (χ2n) is 1.59. The first-order chi connectivity index (χ1) is 3.55. The molecule has 0 aromatic carbocycles. The Bertz CT molecular complexity index is 139. The van der Waals surface area contributed by atoms with Crippen molar-refractivity contribution in [2.45, 2.75) is 6.92 Å². The van der Waals surface area contributed by atoms with Crippen LogP contribution in [0, 0.1) is 0 Å². The van der Waals surface area contributed by atoms with E-state index in [0.29, 0.717) is 0 Å². The minimum atomic E-state index is -1.06. The van der Waals surface area contributed by atoms with Gasteiger partial charge in [0.2, 0.25) is 0 Å². The van der Waals surface area contributed by atoms with Crippen molar-refractivity contribution in [3.05, 3.63) is 5.50 Å². The molecule has 0 fully saturated rings. The van der Waals surface area contributed by atoms with E-state index in [2.05, 4.69) is 0 Å². The molecule has 1 atom stereocenters. The third-order valence-electron chi connectivity index (χ3n) is 0.651. The molecule has 2 nitrogen and oxygen atoms in total. The van der Waals surface area contributed by atoms with Crippen molar-refractivity contribution in [1.29, 1.82) is 0 Å². The van der Waals surface area contributed by atoms with E-state index in [0.717, 1.165) is 0 Å². The molecule has 1 unspecified atom stereocenters. The maximum atomic E-state index is 10.4. The fourth-order valence-corrected chi connectivity index (χ4v) is 2.31. The molecule has 0 saturated carbocycles. The standard InChI is InChI=1S/C4H10NOPS/c1-4(6)7(5)8(2)3/h5H,1-3H3. The fraction of sp³-hybridized carbons (Fsp3) is 0.750. The first kappa shape index (κ1) is 8.28. The van der Waals surface area contributed by atoms with Crippen LogP contribution in [-0.4, -0.2) is 18.0 Å². The minimum absolute atomic E-state index is 0.00849. The van der Waals surface area contributed by atoms with Crippen LogP contribution in [0.1, 0.15) is 6.92 Å². The Morgan fingerprint density at radius 2 is 2.00 bits per heavy atom. The second kappa shape index (κ2) is 3.33. The molecule has 0 aromatic heterocycles. The van der Waals surface area contributed by atoms with E-state index in [4.69, 9.17) is 5.50 Å². The Labute approximate surface area is 52.9 Å². The van der Waals surface area contributed by atoms with Gasteiger partial charge in [-0.3, -0.25) is 0 Å². The highest BCUT2D eigenvalue weighted by Crippen LogP contribution is 2.26. The van der Waals surface area contributed by atoms with Gasteiger partial charge >= 0.3 is 5.52 Å². The summed E-state index contributed by atoms with van der Waals surface area (Å²) in [4.78, 5) is 10.4. The summed E-state index contributed by atoms with van der Waals surface area (Å²) < 4.78 is 0. The highest BCUT2D eigenvalue weighted by Gasteiger charge is 2.02. The van der Waals surface area contributed by atoms with Crippen LogP contribution < -0.4 is 0 Å². The van der Waals surface area contributed by atoms with Gasteiger partial charge in [-0.25, -0.2) is 4.79 Å². The summed E-state index contributed by atoms with van der Waals surface area (Å²) in [7, 11) is -0.00849. The van der Waals surface area contributed by atoms with Crippen LogP contribution >= 0.6 is 6.85 Å². The summed E-state index contributed by atoms with van der Waals surface area (Å²) >= 11 is 0. The Morgan fingerprint density at radius 3 is 2.00 bits per heavy atom. The van der Waals surface area contributed by atoms with Crippen molar-refractivity contribution in [1.82, 2.24) is 0 Å². The minimum Gasteiger partial charge on any atom is -0.442 e. The van der Waals surface area contributed by atoms with Gasteiger partial charge in [0.1, 0.15) is 6.85 Å². The van der Waals surface area contributed by atoms with Crippen molar-refractivity contribution >= 4 is 22.4 Å². The van der Waals surface area contributed by atoms with Crippen LogP contribution in [0.3, 0.4) is 0 Å². The molecular weight excluding hydrogens is 141 g/mol. The molecule has 0 saturated heterocycles. The van der Waals surface area contributed by atoms with Crippen molar-refractivity contribution in [2.75, 3.05) is 12.5 Å². The first-order valence-electron chi connectivity index (χ1n) is 2.15. The summed E-state index contributed by atoms with van der Waals surface area (Å²) in [5, 5.41) is 0. The molecule has 0 aromatic rings. The summed E-state index contributed by atoms with van der Waals surface area (Å²) in [6.07, 6.45) is 3.86. The van der Waals surface area contributed by atoms with E-state index in [1.807, 2.05) is 12.5 Å². The molecule has 0 aliphatic heterocycles. The van der Waals surface area contributed by atoms with Gasteiger partial charge in [-0.15, -0.1) is 0 Å². The van der Waals surface area contributed by atoms with Gasteiger partial charge in [0, 0.05) is 19.4 Å². The maximum Gasteiger partial charge on any atom is 0.312 e. The van der Waals surface area contributed by atoms with Crippen molar-refractivity contribution in [3.63, 3.8) is 0 Å². The molecular formula is C4H10NOPS. The molecule has 48 valence electrons. The smallest absolute Gasteiger partial charge is 0.312 e. The predicted molar refractivity (Wildman–Crippen MR) is 41.1 cm³/mol.